The van der Waals surface area contributed by atoms with Crippen LogP contribution in [0, 0.1) is 5.92 Å². The Morgan fingerprint density at radius 3 is 2.70 bits per heavy atom. The quantitative estimate of drug-likeness (QED) is 0.732. The molecule has 1 aliphatic heterocycles. The Morgan fingerprint density at radius 1 is 1.15 bits per heavy atom. The van der Waals surface area contributed by atoms with E-state index in [0.717, 1.165) is 54.5 Å². The van der Waals surface area contributed by atoms with Crippen molar-refractivity contribution < 1.29 is 8.42 Å². The highest BCUT2D eigenvalue weighted by atomic mass is 32.2. The molecule has 2 aliphatic rings. The molecule has 0 unspecified atom stereocenters. The minimum Gasteiger partial charge on any atom is -0.346 e. The molecule has 0 bridgehead atoms. The summed E-state index contributed by atoms with van der Waals surface area (Å²) in [6.07, 6.45) is 8.17. The number of fused-ring (bicyclic) bond motifs is 3. The highest BCUT2D eigenvalue weighted by molar-refractivity contribution is 7.91. The minimum atomic E-state index is -2.80. The van der Waals surface area contributed by atoms with Crippen LogP contribution in [0.25, 0.3) is 16.6 Å². The van der Waals surface area contributed by atoms with Gasteiger partial charge < -0.3 is 9.88 Å². The first-order valence-corrected chi connectivity index (χ1v) is 11.5. The topological polar surface area (TPSA) is 96.2 Å². The zero-order valence-electron chi connectivity index (χ0n) is 15.2. The summed E-state index contributed by atoms with van der Waals surface area (Å²) in [4.78, 5) is 9.86. The first-order chi connectivity index (χ1) is 13.1. The molecular formula is C18H24N6O2S. The van der Waals surface area contributed by atoms with Gasteiger partial charge in [0.25, 0.3) is 0 Å². The molecule has 3 aromatic rings. The Hall–Kier alpha value is -2.00. The summed E-state index contributed by atoms with van der Waals surface area (Å²) < 4.78 is 25.0. The zero-order valence-corrected chi connectivity index (χ0v) is 16.0. The maximum atomic E-state index is 11.6. The molecule has 4 heterocycles. The van der Waals surface area contributed by atoms with Crippen LogP contribution in [0.4, 0.5) is 0 Å². The maximum absolute atomic E-state index is 11.6. The normalized spacial score (nSPS) is 26.7. The minimum absolute atomic E-state index is 0.315. The molecular weight excluding hydrogens is 364 g/mol. The number of rotatable bonds is 3. The van der Waals surface area contributed by atoms with Gasteiger partial charge in [0.1, 0.15) is 17.5 Å². The van der Waals surface area contributed by atoms with Gasteiger partial charge in [0.15, 0.2) is 9.84 Å². The molecule has 1 aliphatic carbocycles. The third-order valence-corrected chi connectivity index (χ3v) is 7.79. The fourth-order valence-electron chi connectivity index (χ4n) is 4.61. The van der Waals surface area contributed by atoms with Gasteiger partial charge in [-0.2, -0.15) is 0 Å². The predicted octanol–water partition coefficient (Wildman–Crippen LogP) is 1.61. The molecule has 2 fully saturated rings. The van der Waals surface area contributed by atoms with Gasteiger partial charge in [-0.25, -0.2) is 17.9 Å². The van der Waals surface area contributed by atoms with Gasteiger partial charge in [-0.1, -0.05) is 5.21 Å². The van der Waals surface area contributed by atoms with Crippen LogP contribution in [-0.4, -0.2) is 69.3 Å². The van der Waals surface area contributed by atoms with E-state index in [4.69, 9.17) is 0 Å². The summed E-state index contributed by atoms with van der Waals surface area (Å²) >= 11 is 0. The molecule has 0 aromatic carbocycles. The lowest BCUT2D eigenvalue weighted by atomic mass is 9.80. The molecule has 0 amide bonds. The second-order valence-electron chi connectivity index (χ2n) is 7.92. The van der Waals surface area contributed by atoms with E-state index in [2.05, 4.69) is 25.2 Å². The molecule has 3 aromatic heterocycles. The van der Waals surface area contributed by atoms with Gasteiger partial charge in [0, 0.05) is 37.1 Å². The lowest BCUT2D eigenvalue weighted by Gasteiger charge is -2.34. The van der Waals surface area contributed by atoms with E-state index in [1.54, 1.807) is 10.8 Å². The van der Waals surface area contributed by atoms with E-state index >= 15 is 0 Å². The van der Waals surface area contributed by atoms with Crippen LogP contribution < -0.4 is 0 Å². The van der Waals surface area contributed by atoms with E-state index in [1.807, 2.05) is 12.3 Å². The predicted molar refractivity (Wildman–Crippen MR) is 102 cm³/mol. The van der Waals surface area contributed by atoms with Crippen LogP contribution in [0.2, 0.25) is 0 Å². The Labute approximate surface area is 157 Å². The summed E-state index contributed by atoms with van der Waals surface area (Å²) in [6, 6.07) is 2.04. The van der Waals surface area contributed by atoms with E-state index in [9.17, 15) is 8.42 Å². The summed E-state index contributed by atoms with van der Waals surface area (Å²) in [5.41, 5.74) is 3.04. The standard InChI is InChI=1S/C18H24N6O2S/c25-27(26)9-7-23(8-10-27)11-13-1-3-14(4-2-13)16-17-15-5-6-19-18(15)20-12-24(17)22-21-16/h5-6,12-14,19H,1-4,7-11H2. The van der Waals surface area contributed by atoms with E-state index in [-0.39, 0.29) is 0 Å². The fourth-order valence-corrected chi connectivity index (χ4v) is 5.89. The van der Waals surface area contributed by atoms with Crippen molar-refractivity contribution in [3.8, 4) is 0 Å². The second kappa shape index (κ2) is 6.56. The van der Waals surface area contributed by atoms with Crippen LogP contribution in [0.3, 0.4) is 0 Å². The lowest BCUT2D eigenvalue weighted by Crippen LogP contribution is -2.42. The monoisotopic (exact) mass is 388 g/mol. The SMILES string of the molecule is O=S1(=O)CCN(CC2CCC(c3nnn4cnc5[nH]ccc5c34)CC2)CC1. The van der Waals surface area contributed by atoms with Crippen molar-refractivity contribution in [3.63, 3.8) is 0 Å². The third-order valence-electron chi connectivity index (χ3n) is 6.18. The molecule has 0 spiro atoms. The average molecular weight is 388 g/mol. The van der Waals surface area contributed by atoms with Crippen molar-refractivity contribution >= 4 is 26.4 Å². The number of aromatic amines is 1. The maximum Gasteiger partial charge on any atom is 0.152 e. The summed E-state index contributed by atoms with van der Waals surface area (Å²) in [7, 11) is -2.80. The van der Waals surface area contributed by atoms with Gasteiger partial charge >= 0.3 is 0 Å². The molecule has 1 N–H and O–H groups in total. The number of hydrogen-bond acceptors (Lipinski definition) is 6. The Bertz CT molecular complexity index is 1050. The van der Waals surface area contributed by atoms with Crippen molar-refractivity contribution in [2.45, 2.75) is 31.6 Å². The number of nitrogens with one attached hydrogen (secondary N) is 1. The molecule has 27 heavy (non-hydrogen) atoms. The van der Waals surface area contributed by atoms with Crippen molar-refractivity contribution in [1.82, 2.24) is 29.7 Å². The van der Waals surface area contributed by atoms with Gasteiger partial charge in [-0.05, 0) is 37.7 Å². The van der Waals surface area contributed by atoms with Crippen LogP contribution >= 0.6 is 0 Å². The summed E-state index contributed by atoms with van der Waals surface area (Å²) in [5.74, 6) is 1.71. The van der Waals surface area contributed by atoms with Crippen molar-refractivity contribution in [2.24, 2.45) is 5.92 Å². The van der Waals surface area contributed by atoms with Crippen LogP contribution in [0.15, 0.2) is 18.6 Å². The first-order valence-electron chi connectivity index (χ1n) is 9.69. The van der Waals surface area contributed by atoms with Gasteiger partial charge in [-0.15, -0.1) is 5.10 Å². The molecule has 0 radical (unpaired) electrons. The number of sulfone groups is 1. The van der Waals surface area contributed by atoms with Crippen molar-refractivity contribution in [2.75, 3.05) is 31.1 Å². The highest BCUT2D eigenvalue weighted by Gasteiger charge is 2.29. The van der Waals surface area contributed by atoms with Gasteiger partial charge in [0.05, 0.1) is 17.2 Å². The van der Waals surface area contributed by atoms with Crippen LogP contribution in [0.1, 0.15) is 37.3 Å². The number of aromatic nitrogens is 5. The summed E-state index contributed by atoms with van der Waals surface area (Å²) in [5, 5.41) is 9.84. The van der Waals surface area contributed by atoms with E-state index in [0.29, 0.717) is 36.4 Å². The largest absolute Gasteiger partial charge is 0.346 e. The fraction of sp³-hybridized carbons (Fsp3) is 0.611. The van der Waals surface area contributed by atoms with Crippen LogP contribution in [0.5, 0.6) is 0 Å². The Kier molecular flexibility index (Phi) is 4.16. The van der Waals surface area contributed by atoms with Gasteiger partial charge in [-0.3, -0.25) is 0 Å². The number of H-pyrrole nitrogens is 1. The molecule has 0 atom stereocenters. The number of nitrogens with zero attached hydrogens (tertiary/aromatic N) is 5. The summed E-state index contributed by atoms with van der Waals surface area (Å²) in [6.45, 7) is 2.41. The lowest BCUT2D eigenvalue weighted by molar-refractivity contribution is 0.204. The molecule has 8 nitrogen and oxygen atoms in total. The third kappa shape index (κ3) is 3.23. The average Bonchev–Trinajstić information content (AvgIpc) is 3.30. The second-order valence-corrected chi connectivity index (χ2v) is 10.2. The number of hydrogen-bond donors (Lipinski definition) is 1. The van der Waals surface area contributed by atoms with Crippen molar-refractivity contribution in [1.29, 1.82) is 0 Å². The van der Waals surface area contributed by atoms with Crippen molar-refractivity contribution in [3.05, 3.63) is 24.3 Å². The zero-order chi connectivity index (χ0) is 18.4. The Morgan fingerprint density at radius 2 is 1.93 bits per heavy atom. The highest BCUT2D eigenvalue weighted by Crippen LogP contribution is 2.38. The molecule has 1 saturated heterocycles. The van der Waals surface area contributed by atoms with Crippen LogP contribution in [-0.2, 0) is 9.84 Å². The first kappa shape index (κ1) is 17.1. The Balaban J connectivity index is 1.27. The smallest absolute Gasteiger partial charge is 0.152 e. The molecule has 9 heteroatoms. The molecule has 1 saturated carbocycles. The van der Waals surface area contributed by atoms with E-state index < -0.39 is 9.84 Å². The van der Waals surface area contributed by atoms with E-state index in [1.165, 1.54) is 0 Å². The van der Waals surface area contributed by atoms with Gasteiger partial charge in [0.2, 0.25) is 0 Å². The molecule has 144 valence electrons. The molecule has 5 rings (SSSR count).